The molecular formula is C16H20O2. The predicted octanol–water partition coefficient (Wildman–Crippen LogP) is 4.56. The summed E-state index contributed by atoms with van der Waals surface area (Å²) in [6, 6.07) is 4.04. The predicted molar refractivity (Wildman–Crippen MR) is 71.3 cm³/mol. The van der Waals surface area contributed by atoms with E-state index in [9.17, 15) is 0 Å². The van der Waals surface area contributed by atoms with E-state index in [1.807, 2.05) is 6.07 Å². The third-order valence-corrected chi connectivity index (χ3v) is 4.12. The van der Waals surface area contributed by atoms with Crippen molar-refractivity contribution in [3.63, 3.8) is 0 Å². The molecule has 0 radical (unpaired) electrons. The van der Waals surface area contributed by atoms with E-state index < -0.39 is 0 Å². The number of rotatable bonds is 2. The van der Waals surface area contributed by atoms with Crippen molar-refractivity contribution in [2.24, 2.45) is 0 Å². The first-order valence-corrected chi connectivity index (χ1v) is 6.87. The molecule has 0 aliphatic heterocycles. The van der Waals surface area contributed by atoms with Crippen LogP contribution in [0.25, 0.3) is 0 Å². The molecule has 0 saturated heterocycles. The molecule has 0 bridgehead atoms. The Bertz CT molecular complexity index is 457. The molecule has 1 heterocycles. The van der Waals surface area contributed by atoms with Crippen molar-refractivity contribution in [3.05, 3.63) is 47.1 Å². The zero-order valence-corrected chi connectivity index (χ0v) is 10.9. The van der Waals surface area contributed by atoms with Crippen LogP contribution in [0.1, 0.15) is 50.2 Å². The van der Waals surface area contributed by atoms with Gasteiger partial charge in [-0.2, -0.15) is 0 Å². The van der Waals surface area contributed by atoms with Crippen LogP contribution >= 0.6 is 0 Å². The fraction of sp³-hybridized carbons (Fsp3) is 0.500. The van der Waals surface area contributed by atoms with Crippen molar-refractivity contribution in [2.45, 2.75) is 44.4 Å². The Kier molecular flexibility index (Phi) is 3.26. The van der Waals surface area contributed by atoms with Gasteiger partial charge in [0.15, 0.2) is 0 Å². The van der Waals surface area contributed by atoms with Gasteiger partial charge in [0.25, 0.3) is 0 Å². The molecule has 1 aromatic heterocycles. The van der Waals surface area contributed by atoms with Crippen molar-refractivity contribution < 1.29 is 9.15 Å². The summed E-state index contributed by atoms with van der Waals surface area (Å²) >= 11 is 0. The molecule has 1 fully saturated rings. The molecule has 0 amide bonds. The van der Waals surface area contributed by atoms with Gasteiger partial charge in [-0.1, -0.05) is 12.0 Å². The smallest absolute Gasteiger partial charge is 0.114 e. The normalized spacial score (nSPS) is 24.3. The lowest BCUT2D eigenvalue weighted by Gasteiger charge is -2.20. The zero-order chi connectivity index (χ0) is 12.4. The summed E-state index contributed by atoms with van der Waals surface area (Å²) in [7, 11) is 1.76. The van der Waals surface area contributed by atoms with E-state index in [1.54, 1.807) is 18.9 Å². The Hall–Kier alpha value is -1.44. The second-order valence-electron chi connectivity index (χ2n) is 5.20. The molecule has 2 nitrogen and oxygen atoms in total. The van der Waals surface area contributed by atoms with E-state index in [1.165, 1.54) is 37.7 Å². The third kappa shape index (κ3) is 2.12. The first-order valence-electron chi connectivity index (χ1n) is 6.87. The van der Waals surface area contributed by atoms with Crippen LogP contribution in [0.2, 0.25) is 0 Å². The molecule has 0 spiro atoms. The van der Waals surface area contributed by atoms with Crippen LogP contribution in [0.5, 0.6) is 0 Å². The molecule has 1 unspecified atom stereocenters. The van der Waals surface area contributed by atoms with Crippen LogP contribution in [0.3, 0.4) is 0 Å². The van der Waals surface area contributed by atoms with E-state index >= 15 is 0 Å². The molecule has 2 heteroatoms. The number of hydrogen-bond donors (Lipinski definition) is 0. The molecule has 96 valence electrons. The van der Waals surface area contributed by atoms with Crippen LogP contribution in [-0.2, 0) is 4.74 Å². The molecule has 2 aliphatic carbocycles. The van der Waals surface area contributed by atoms with Crippen LogP contribution in [0.15, 0.2) is 45.8 Å². The van der Waals surface area contributed by atoms with Gasteiger partial charge in [0, 0.05) is 6.42 Å². The SMILES string of the molecule is COC1=CC(c2ccco2)C(=C2CCCCC2)C1. The highest BCUT2D eigenvalue weighted by atomic mass is 16.5. The number of methoxy groups -OCH3 is 1. The monoisotopic (exact) mass is 244 g/mol. The topological polar surface area (TPSA) is 22.4 Å². The van der Waals surface area contributed by atoms with Gasteiger partial charge in [-0.25, -0.2) is 0 Å². The first-order chi connectivity index (χ1) is 8.88. The average molecular weight is 244 g/mol. The minimum atomic E-state index is 0.308. The maximum atomic E-state index is 5.60. The largest absolute Gasteiger partial charge is 0.501 e. The molecular weight excluding hydrogens is 224 g/mol. The van der Waals surface area contributed by atoms with Crippen LogP contribution in [-0.4, -0.2) is 7.11 Å². The first kappa shape index (κ1) is 11.6. The third-order valence-electron chi connectivity index (χ3n) is 4.12. The molecule has 1 atom stereocenters. The number of hydrogen-bond acceptors (Lipinski definition) is 2. The minimum absolute atomic E-state index is 0.308. The fourth-order valence-electron chi connectivity index (χ4n) is 3.15. The highest BCUT2D eigenvalue weighted by Crippen LogP contribution is 2.43. The van der Waals surface area contributed by atoms with Gasteiger partial charge in [-0.15, -0.1) is 0 Å². The van der Waals surface area contributed by atoms with Crippen LogP contribution < -0.4 is 0 Å². The van der Waals surface area contributed by atoms with E-state index in [0.717, 1.165) is 17.9 Å². The van der Waals surface area contributed by atoms with Crippen molar-refractivity contribution in [2.75, 3.05) is 7.11 Å². The van der Waals surface area contributed by atoms with Crippen LogP contribution in [0.4, 0.5) is 0 Å². The molecule has 0 N–H and O–H groups in total. The van der Waals surface area contributed by atoms with Gasteiger partial charge < -0.3 is 9.15 Å². The van der Waals surface area contributed by atoms with Gasteiger partial charge in [0.2, 0.25) is 0 Å². The average Bonchev–Trinajstić information content (AvgIpc) is 3.08. The molecule has 18 heavy (non-hydrogen) atoms. The summed E-state index contributed by atoms with van der Waals surface area (Å²) < 4.78 is 11.0. The number of furan rings is 1. The fourth-order valence-corrected chi connectivity index (χ4v) is 3.15. The maximum Gasteiger partial charge on any atom is 0.114 e. The Morgan fingerprint density at radius 1 is 1.22 bits per heavy atom. The second-order valence-corrected chi connectivity index (χ2v) is 5.20. The van der Waals surface area contributed by atoms with Gasteiger partial charge in [-0.05, 0) is 49.5 Å². The molecule has 0 aromatic carbocycles. The van der Waals surface area contributed by atoms with Crippen molar-refractivity contribution in [3.8, 4) is 0 Å². The van der Waals surface area contributed by atoms with E-state index in [-0.39, 0.29) is 0 Å². The Morgan fingerprint density at radius 3 is 2.72 bits per heavy atom. The maximum absolute atomic E-state index is 5.60. The summed E-state index contributed by atoms with van der Waals surface area (Å²) in [4.78, 5) is 0. The summed E-state index contributed by atoms with van der Waals surface area (Å²) in [6.45, 7) is 0. The van der Waals surface area contributed by atoms with E-state index in [2.05, 4.69) is 12.1 Å². The summed E-state index contributed by atoms with van der Waals surface area (Å²) in [5, 5.41) is 0. The van der Waals surface area contributed by atoms with Gasteiger partial charge in [-0.3, -0.25) is 0 Å². The lowest BCUT2D eigenvalue weighted by Crippen LogP contribution is -2.02. The van der Waals surface area contributed by atoms with Gasteiger partial charge in [0.05, 0.1) is 25.1 Å². The van der Waals surface area contributed by atoms with Crippen LogP contribution in [0, 0.1) is 0 Å². The Labute approximate surface area is 108 Å². The molecule has 2 aliphatic rings. The highest BCUT2D eigenvalue weighted by molar-refractivity contribution is 5.40. The zero-order valence-electron chi connectivity index (χ0n) is 10.9. The van der Waals surface area contributed by atoms with Crippen molar-refractivity contribution in [1.82, 2.24) is 0 Å². The lowest BCUT2D eigenvalue weighted by atomic mass is 9.86. The summed E-state index contributed by atoms with van der Waals surface area (Å²) in [5.41, 5.74) is 3.17. The summed E-state index contributed by atoms with van der Waals surface area (Å²) in [5.74, 6) is 2.45. The van der Waals surface area contributed by atoms with Crippen molar-refractivity contribution >= 4 is 0 Å². The highest BCUT2D eigenvalue weighted by Gasteiger charge is 2.28. The lowest BCUT2D eigenvalue weighted by molar-refractivity contribution is 0.286. The molecule has 1 saturated carbocycles. The van der Waals surface area contributed by atoms with Gasteiger partial charge >= 0.3 is 0 Å². The number of ether oxygens (including phenoxy) is 1. The molecule has 1 aromatic rings. The van der Waals surface area contributed by atoms with E-state index in [0.29, 0.717) is 5.92 Å². The van der Waals surface area contributed by atoms with Gasteiger partial charge in [0.1, 0.15) is 5.76 Å². The Morgan fingerprint density at radius 2 is 2.06 bits per heavy atom. The quantitative estimate of drug-likeness (QED) is 0.712. The van der Waals surface area contributed by atoms with Crippen molar-refractivity contribution in [1.29, 1.82) is 0 Å². The number of allylic oxidation sites excluding steroid dienone is 3. The summed E-state index contributed by atoms with van der Waals surface area (Å²) in [6.07, 6.45) is 11.5. The molecule has 3 rings (SSSR count). The second kappa shape index (κ2) is 5.05. The Balaban J connectivity index is 1.94. The minimum Gasteiger partial charge on any atom is -0.501 e. The van der Waals surface area contributed by atoms with E-state index in [4.69, 9.17) is 9.15 Å². The standard InChI is InChI=1S/C16H20O2/c1-17-13-10-14(12-6-3-2-4-7-12)15(11-13)16-8-5-9-18-16/h5,8-9,11,15H,2-4,6-7,10H2,1H3.